The van der Waals surface area contributed by atoms with Crippen molar-refractivity contribution in [3.8, 4) is 0 Å². The number of aliphatic carboxylic acids is 1. The molecule has 0 bridgehead atoms. The van der Waals surface area contributed by atoms with E-state index in [9.17, 15) is 19.2 Å². The maximum Gasteiger partial charge on any atom is 0.328 e. The fraction of sp³-hybridized carbons (Fsp3) is 0.412. The van der Waals surface area contributed by atoms with E-state index in [0.717, 1.165) is 5.56 Å². The number of aliphatic hydroxyl groups excluding tert-OH is 1. The van der Waals surface area contributed by atoms with Crippen LogP contribution in [0.1, 0.15) is 5.56 Å². The molecule has 0 aliphatic carbocycles. The number of rotatable bonds is 11. The van der Waals surface area contributed by atoms with E-state index >= 15 is 0 Å². The van der Waals surface area contributed by atoms with E-state index in [1.165, 1.54) is 0 Å². The van der Waals surface area contributed by atoms with Gasteiger partial charge in [-0.3, -0.25) is 14.4 Å². The molecule has 0 spiro atoms. The van der Waals surface area contributed by atoms with Crippen molar-refractivity contribution >= 4 is 36.3 Å². The molecule has 0 aliphatic rings. The van der Waals surface area contributed by atoms with Crippen LogP contribution in [-0.2, 0) is 25.6 Å². The van der Waals surface area contributed by atoms with Gasteiger partial charge in [0.15, 0.2) is 0 Å². The number of nitrogens with one attached hydrogen (secondary N) is 3. The fourth-order valence-corrected chi connectivity index (χ4v) is 2.31. The van der Waals surface area contributed by atoms with Crippen molar-refractivity contribution in [3.05, 3.63) is 35.9 Å². The highest BCUT2D eigenvalue weighted by molar-refractivity contribution is 7.80. The molecule has 7 N–H and O–H groups in total. The lowest BCUT2D eigenvalue weighted by Crippen LogP contribution is -2.55. The van der Waals surface area contributed by atoms with Crippen LogP contribution in [0, 0.1) is 0 Å². The lowest BCUT2D eigenvalue weighted by Gasteiger charge is -2.21. The van der Waals surface area contributed by atoms with Crippen molar-refractivity contribution in [2.45, 2.75) is 24.5 Å². The molecule has 0 aromatic heterocycles. The average molecular weight is 412 g/mol. The highest BCUT2D eigenvalue weighted by atomic mass is 32.1. The molecule has 0 aliphatic heterocycles. The normalized spacial score (nSPS) is 13.7. The smallest absolute Gasteiger partial charge is 0.328 e. The van der Waals surface area contributed by atoms with Gasteiger partial charge in [-0.25, -0.2) is 4.79 Å². The molecule has 0 saturated heterocycles. The lowest BCUT2D eigenvalue weighted by molar-refractivity contribution is -0.143. The standard InChI is InChI=1S/C17H24N4O6S/c18-11(9-28)15(24)19-7-14(23)20-12(6-10-4-2-1-3-5-10)16(25)21-13(8-22)17(26)27/h1-5,11-13,22,28H,6-9,18H2,(H,19,24)(H,20,23)(H,21,25)(H,26,27)/t11-,12-,13-/m0/s1. The molecule has 1 aromatic carbocycles. The molecule has 11 heteroatoms. The molecule has 0 unspecified atom stereocenters. The van der Waals surface area contributed by atoms with E-state index < -0.39 is 55.0 Å². The number of amides is 3. The quantitative estimate of drug-likeness (QED) is 0.199. The molecule has 154 valence electrons. The van der Waals surface area contributed by atoms with E-state index in [1.54, 1.807) is 30.3 Å². The summed E-state index contributed by atoms with van der Waals surface area (Å²) in [5.74, 6) is -3.32. The molecule has 1 aromatic rings. The van der Waals surface area contributed by atoms with Crippen LogP contribution in [0.25, 0.3) is 0 Å². The average Bonchev–Trinajstić information content (AvgIpc) is 2.69. The van der Waals surface area contributed by atoms with Crippen molar-refractivity contribution < 1.29 is 29.4 Å². The number of thiol groups is 1. The third-order valence-corrected chi connectivity index (χ3v) is 4.08. The molecule has 0 radical (unpaired) electrons. The number of aliphatic hydroxyl groups is 1. The molecule has 0 fully saturated rings. The van der Waals surface area contributed by atoms with Crippen molar-refractivity contribution in [1.29, 1.82) is 0 Å². The first-order valence-electron chi connectivity index (χ1n) is 8.40. The van der Waals surface area contributed by atoms with Gasteiger partial charge >= 0.3 is 5.97 Å². The number of carboxylic acids is 1. The Balaban J connectivity index is 2.79. The minimum absolute atomic E-state index is 0.0836. The number of carboxylic acid groups (broad SMARTS) is 1. The number of carbonyl (C=O) groups is 4. The van der Waals surface area contributed by atoms with Crippen LogP contribution in [0.4, 0.5) is 0 Å². The number of hydrogen-bond donors (Lipinski definition) is 7. The minimum atomic E-state index is -1.50. The Hall–Kier alpha value is -2.63. The second-order valence-corrected chi connectivity index (χ2v) is 6.26. The second-order valence-electron chi connectivity index (χ2n) is 5.90. The Morgan fingerprint density at radius 3 is 2.21 bits per heavy atom. The molecule has 3 amide bonds. The summed E-state index contributed by atoms with van der Waals surface area (Å²) in [6.45, 7) is -1.22. The first-order chi connectivity index (χ1) is 13.3. The van der Waals surface area contributed by atoms with Crippen LogP contribution >= 0.6 is 12.6 Å². The minimum Gasteiger partial charge on any atom is -0.480 e. The number of hydrogen-bond acceptors (Lipinski definition) is 7. The summed E-state index contributed by atoms with van der Waals surface area (Å²) >= 11 is 3.89. The summed E-state index contributed by atoms with van der Waals surface area (Å²) in [4.78, 5) is 47.2. The maximum absolute atomic E-state index is 12.4. The zero-order valence-corrected chi connectivity index (χ0v) is 15.9. The highest BCUT2D eigenvalue weighted by Crippen LogP contribution is 2.04. The summed E-state index contributed by atoms with van der Waals surface area (Å²) in [5, 5.41) is 25.0. The van der Waals surface area contributed by atoms with Crippen molar-refractivity contribution in [1.82, 2.24) is 16.0 Å². The molecule has 28 heavy (non-hydrogen) atoms. The van der Waals surface area contributed by atoms with E-state index in [-0.39, 0.29) is 12.2 Å². The van der Waals surface area contributed by atoms with Gasteiger partial charge in [-0.2, -0.15) is 12.6 Å². The van der Waals surface area contributed by atoms with Crippen LogP contribution in [0.15, 0.2) is 30.3 Å². The van der Waals surface area contributed by atoms with E-state index in [4.69, 9.17) is 15.9 Å². The van der Waals surface area contributed by atoms with Gasteiger partial charge in [-0.05, 0) is 5.56 Å². The van der Waals surface area contributed by atoms with Crippen LogP contribution < -0.4 is 21.7 Å². The first-order valence-corrected chi connectivity index (χ1v) is 9.03. The Morgan fingerprint density at radius 1 is 1.04 bits per heavy atom. The van der Waals surface area contributed by atoms with Gasteiger partial charge in [0.25, 0.3) is 0 Å². The molecule has 0 heterocycles. The molecule has 0 saturated carbocycles. The first kappa shape index (κ1) is 23.4. The van der Waals surface area contributed by atoms with E-state index in [1.807, 2.05) is 0 Å². The van der Waals surface area contributed by atoms with Gasteiger partial charge < -0.3 is 31.9 Å². The van der Waals surface area contributed by atoms with Crippen molar-refractivity contribution in [2.75, 3.05) is 18.9 Å². The summed E-state index contributed by atoms with van der Waals surface area (Å²) in [7, 11) is 0. The Kier molecular flexibility index (Phi) is 9.99. The summed E-state index contributed by atoms with van der Waals surface area (Å²) in [5.41, 5.74) is 6.21. The second kappa shape index (κ2) is 12.0. The number of benzene rings is 1. The summed E-state index contributed by atoms with van der Waals surface area (Å²) < 4.78 is 0. The zero-order valence-electron chi connectivity index (χ0n) is 15.0. The Morgan fingerprint density at radius 2 is 1.68 bits per heavy atom. The van der Waals surface area contributed by atoms with Crippen LogP contribution in [0.5, 0.6) is 0 Å². The van der Waals surface area contributed by atoms with Gasteiger partial charge in [0, 0.05) is 12.2 Å². The molecular formula is C17H24N4O6S. The third-order valence-electron chi connectivity index (χ3n) is 3.69. The van der Waals surface area contributed by atoms with Crippen LogP contribution in [0.3, 0.4) is 0 Å². The van der Waals surface area contributed by atoms with Crippen LogP contribution in [-0.4, -0.2) is 70.9 Å². The highest BCUT2D eigenvalue weighted by Gasteiger charge is 2.26. The monoisotopic (exact) mass is 412 g/mol. The maximum atomic E-state index is 12.4. The topological polar surface area (TPSA) is 171 Å². The molecule has 3 atom stereocenters. The van der Waals surface area contributed by atoms with Gasteiger partial charge in [-0.15, -0.1) is 0 Å². The molecule has 1 rings (SSSR count). The fourth-order valence-electron chi connectivity index (χ4n) is 2.14. The van der Waals surface area contributed by atoms with Crippen molar-refractivity contribution in [3.63, 3.8) is 0 Å². The zero-order chi connectivity index (χ0) is 21.1. The van der Waals surface area contributed by atoms with E-state index in [0.29, 0.717) is 0 Å². The van der Waals surface area contributed by atoms with Crippen LogP contribution in [0.2, 0.25) is 0 Å². The summed E-state index contributed by atoms with van der Waals surface area (Å²) in [6, 6.07) is 5.26. The largest absolute Gasteiger partial charge is 0.480 e. The predicted molar refractivity (Wildman–Crippen MR) is 104 cm³/mol. The third kappa shape index (κ3) is 7.94. The van der Waals surface area contributed by atoms with Crippen molar-refractivity contribution in [2.24, 2.45) is 5.73 Å². The molecule has 10 nitrogen and oxygen atoms in total. The van der Waals surface area contributed by atoms with E-state index in [2.05, 4.69) is 28.6 Å². The number of nitrogens with two attached hydrogens (primary N) is 1. The van der Waals surface area contributed by atoms with Gasteiger partial charge in [0.1, 0.15) is 12.1 Å². The Bertz CT molecular complexity index is 687. The van der Waals surface area contributed by atoms with Gasteiger partial charge in [-0.1, -0.05) is 30.3 Å². The lowest BCUT2D eigenvalue weighted by atomic mass is 10.0. The Labute approximate surface area is 167 Å². The predicted octanol–water partition coefficient (Wildman–Crippen LogP) is -2.35. The SMILES string of the molecule is N[C@@H](CS)C(=O)NCC(=O)N[C@@H](Cc1ccccc1)C(=O)N[C@@H](CO)C(=O)O. The van der Waals surface area contributed by atoms with Gasteiger partial charge in [0.05, 0.1) is 19.2 Å². The number of carbonyl (C=O) groups excluding carboxylic acids is 3. The molecular weight excluding hydrogens is 388 g/mol. The van der Waals surface area contributed by atoms with Gasteiger partial charge in [0.2, 0.25) is 17.7 Å². The summed E-state index contributed by atoms with van der Waals surface area (Å²) in [6.07, 6.45) is 0.0836.